The molecule has 0 aliphatic heterocycles. The van der Waals surface area contributed by atoms with Crippen molar-refractivity contribution in [3.05, 3.63) is 77.4 Å². The van der Waals surface area contributed by atoms with Gasteiger partial charge in [0.25, 0.3) is 0 Å². The number of unbranched alkanes of at least 4 members (excludes halogenated alkanes) is 2. The van der Waals surface area contributed by atoms with E-state index in [2.05, 4.69) is 86.0 Å². The first-order chi connectivity index (χ1) is 12.9. The Morgan fingerprint density at radius 2 is 1.33 bits per heavy atom. The molecule has 0 atom stereocenters. The van der Waals surface area contributed by atoms with Gasteiger partial charge in [-0.3, -0.25) is 0 Å². The molecule has 0 radical (unpaired) electrons. The van der Waals surface area contributed by atoms with Gasteiger partial charge in [-0.2, -0.15) is 0 Å². The fourth-order valence-corrected chi connectivity index (χ4v) is 5.05. The quantitative estimate of drug-likeness (QED) is 0.352. The Kier molecular flexibility index (Phi) is 8.24. The number of hydrogen-bond donors (Lipinski definition) is 1. The molecular weight excluding hydrogens is 346 g/mol. The highest BCUT2D eigenvalue weighted by Gasteiger charge is 2.04. The minimum atomic E-state index is -1.20. The SMILES string of the molecule is C=C(NCCCCC)c1ccc(CS(=C)(=C)Cc2ccc(CC)cc2)cc1. The van der Waals surface area contributed by atoms with Crippen molar-refractivity contribution in [3.63, 3.8) is 0 Å². The van der Waals surface area contributed by atoms with Crippen molar-refractivity contribution in [3.8, 4) is 0 Å². The van der Waals surface area contributed by atoms with Crippen LogP contribution in [0.25, 0.3) is 5.70 Å². The molecule has 2 heteroatoms. The second kappa shape index (κ2) is 10.4. The Hall–Kier alpha value is -1.93. The first-order valence-electron chi connectivity index (χ1n) is 9.98. The van der Waals surface area contributed by atoms with E-state index < -0.39 is 9.21 Å². The van der Waals surface area contributed by atoms with E-state index in [1.54, 1.807) is 0 Å². The van der Waals surface area contributed by atoms with Gasteiger partial charge in [-0.25, -0.2) is 9.21 Å². The highest BCUT2D eigenvalue weighted by Crippen LogP contribution is 2.30. The van der Waals surface area contributed by atoms with Gasteiger partial charge in [0.2, 0.25) is 0 Å². The summed E-state index contributed by atoms with van der Waals surface area (Å²) in [5.74, 6) is 10.8. The topological polar surface area (TPSA) is 12.0 Å². The van der Waals surface area contributed by atoms with Gasteiger partial charge in [0, 0.05) is 23.7 Å². The molecule has 0 fully saturated rings. The maximum Gasteiger partial charge on any atom is 0.0340 e. The third-order valence-electron chi connectivity index (χ3n) is 4.80. The highest BCUT2D eigenvalue weighted by atomic mass is 32.2. The zero-order chi connectivity index (χ0) is 19.7. The predicted octanol–water partition coefficient (Wildman–Crippen LogP) is 6.37. The van der Waals surface area contributed by atoms with Gasteiger partial charge < -0.3 is 5.32 Å². The molecule has 1 nitrogen and oxygen atoms in total. The number of hydrogen-bond acceptors (Lipinski definition) is 1. The minimum absolute atomic E-state index is 0.944. The third kappa shape index (κ3) is 7.30. The van der Waals surface area contributed by atoms with Gasteiger partial charge in [-0.1, -0.05) is 93.5 Å². The zero-order valence-corrected chi connectivity index (χ0v) is 17.9. The number of nitrogens with one attached hydrogen (secondary N) is 1. The summed E-state index contributed by atoms with van der Waals surface area (Å²) in [5.41, 5.74) is 6.21. The molecule has 2 aromatic carbocycles. The van der Waals surface area contributed by atoms with Crippen LogP contribution in [0, 0.1) is 0 Å². The second-order valence-corrected chi connectivity index (χ2v) is 10.5. The largest absolute Gasteiger partial charge is 0.385 e. The molecule has 0 bridgehead atoms. The molecule has 1 N–H and O–H groups in total. The van der Waals surface area contributed by atoms with Crippen LogP contribution in [-0.2, 0) is 17.9 Å². The summed E-state index contributed by atoms with van der Waals surface area (Å²) in [6.45, 7) is 9.57. The van der Waals surface area contributed by atoms with Crippen molar-refractivity contribution in [2.24, 2.45) is 0 Å². The molecular formula is C25H35NS. The van der Waals surface area contributed by atoms with Gasteiger partial charge in [0.05, 0.1) is 0 Å². The van der Waals surface area contributed by atoms with Gasteiger partial charge >= 0.3 is 0 Å². The summed E-state index contributed by atoms with van der Waals surface area (Å²) in [4.78, 5) is 0. The second-order valence-electron chi connectivity index (χ2n) is 7.49. The normalized spacial score (nSPS) is 11.3. The molecule has 0 spiro atoms. The molecule has 2 rings (SSSR count). The van der Waals surface area contributed by atoms with Crippen molar-refractivity contribution in [1.29, 1.82) is 0 Å². The van der Waals surface area contributed by atoms with E-state index >= 15 is 0 Å². The van der Waals surface area contributed by atoms with Crippen molar-refractivity contribution in [2.45, 2.75) is 51.0 Å². The van der Waals surface area contributed by atoms with Crippen LogP contribution < -0.4 is 5.32 Å². The lowest BCUT2D eigenvalue weighted by molar-refractivity contribution is 0.689. The molecule has 0 aliphatic rings. The average Bonchev–Trinajstić information content (AvgIpc) is 2.65. The predicted molar refractivity (Wildman–Crippen MR) is 128 cm³/mol. The van der Waals surface area contributed by atoms with Gasteiger partial charge in [0.15, 0.2) is 0 Å². The number of benzene rings is 2. The first kappa shape index (κ1) is 21.4. The highest BCUT2D eigenvalue weighted by molar-refractivity contribution is 8.26. The molecule has 0 saturated heterocycles. The standard InChI is InChI=1S/C25H35NS/c1-6-8-9-18-26-21(3)25-16-14-24(15-17-25)20-27(4,5)19-23-12-10-22(7-2)11-13-23/h10-17,26H,3-9,18-20H2,1-2H3. The summed E-state index contributed by atoms with van der Waals surface area (Å²) in [7, 11) is -1.20. The van der Waals surface area contributed by atoms with Crippen LogP contribution in [-0.4, -0.2) is 18.3 Å². The smallest absolute Gasteiger partial charge is 0.0340 e. The van der Waals surface area contributed by atoms with Crippen LogP contribution >= 0.6 is 9.21 Å². The van der Waals surface area contributed by atoms with Crippen LogP contribution in [0.5, 0.6) is 0 Å². The Balaban J connectivity index is 1.92. The summed E-state index contributed by atoms with van der Waals surface area (Å²) in [6, 6.07) is 17.6. The van der Waals surface area contributed by atoms with Crippen molar-refractivity contribution < 1.29 is 0 Å². The molecule has 0 aliphatic carbocycles. The zero-order valence-electron chi connectivity index (χ0n) is 17.1. The fourth-order valence-electron chi connectivity index (χ4n) is 3.15. The van der Waals surface area contributed by atoms with Crippen molar-refractivity contribution in [1.82, 2.24) is 5.32 Å². The molecule has 0 unspecified atom stereocenters. The van der Waals surface area contributed by atoms with Gasteiger partial charge in [-0.05, 0) is 35.1 Å². The Bertz CT molecular complexity index is 812. The van der Waals surface area contributed by atoms with E-state index in [1.165, 1.54) is 41.5 Å². The van der Waals surface area contributed by atoms with Crippen molar-refractivity contribution >= 4 is 26.6 Å². The van der Waals surface area contributed by atoms with Crippen LogP contribution in [0.3, 0.4) is 0 Å². The Labute approximate surface area is 167 Å². The molecule has 2 aromatic rings. The van der Waals surface area contributed by atoms with E-state index in [-0.39, 0.29) is 0 Å². The third-order valence-corrected chi connectivity index (χ3v) is 6.69. The monoisotopic (exact) mass is 381 g/mol. The van der Waals surface area contributed by atoms with Gasteiger partial charge in [0.1, 0.15) is 0 Å². The Morgan fingerprint density at radius 3 is 1.85 bits per heavy atom. The van der Waals surface area contributed by atoms with E-state index in [9.17, 15) is 0 Å². The van der Waals surface area contributed by atoms with E-state index in [1.807, 2.05) is 0 Å². The van der Waals surface area contributed by atoms with Gasteiger partial charge in [-0.15, -0.1) is 0 Å². The molecule has 0 saturated carbocycles. The van der Waals surface area contributed by atoms with E-state index in [0.29, 0.717) is 0 Å². The summed E-state index contributed by atoms with van der Waals surface area (Å²) >= 11 is 0. The molecule has 27 heavy (non-hydrogen) atoms. The minimum Gasteiger partial charge on any atom is -0.385 e. The fraction of sp³-hybridized carbons (Fsp3) is 0.360. The maximum atomic E-state index is 4.46. The van der Waals surface area contributed by atoms with Crippen LogP contribution in [0.2, 0.25) is 0 Å². The first-order valence-corrected chi connectivity index (χ1v) is 12.3. The van der Waals surface area contributed by atoms with Crippen LogP contribution in [0.15, 0.2) is 55.1 Å². The van der Waals surface area contributed by atoms with Crippen molar-refractivity contribution in [2.75, 3.05) is 6.54 Å². The lowest BCUT2D eigenvalue weighted by atomic mass is 10.1. The number of rotatable bonds is 11. The van der Waals surface area contributed by atoms with Crippen LogP contribution in [0.4, 0.5) is 0 Å². The Morgan fingerprint density at radius 1 is 0.815 bits per heavy atom. The molecule has 146 valence electrons. The summed E-state index contributed by atoms with van der Waals surface area (Å²) in [6.07, 6.45) is 4.78. The van der Waals surface area contributed by atoms with E-state index in [0.717, 1.165) is 30.2 Å². The molecule has 0 heterocycles. The average molecular weight is 382 g/mol. The summed E-state index contributed by atoms with van der Waals surface area (Å²) in [5, 5.41) is 3.43. The molecule has 0 aromatic heterocycles. The lowest BCUT2D eigenvalue weighted by Crippen LogP contribution is -2.12. The summed E-state index contributed by atoms with van der Waals surface area (Å²) < 4.78 is 0. The maximum absolute atomic E-state index is 4.46. The lowest BCUT2D eigenvalue weighted by Gasteiger charge is -2.16. The number of aryl methyl sites for hydroxylation is 1. The molecule has 0 amide bonds. The van der Waals surface area contributed by atoms with Crippen LogP contribution in [0.1, 0.15) is 55.4 Å². The van der Waals surface area contributed by atoms with E-state index in [4.69, 9.17) is 0 Å².